The Hall–Kier alpha value is -4.83. The molecule has 0 aliphatic carbocycles. The molecule has 0 fully saturated rings. The number of halogens is 1. The lowest BCUT2D eigenvalue weighted by atomic mass is 10.2. The highest BCUT2D eigenvalue weighted by molar-refractivity contribution is 6.32. The second-order valence-corrected chi connectivity index (χ2v) is 8.83. The molecular formula is C29H24ClN3O7. The maximum atomic E-state index is 13.6. The number of furan rings is 1. The van der Waals surface area contributed by atoms with Crippen LogP contribution in [0.1, 0.15) is 12.5 Å². The lowest BCUT2D eigenvalue weighted by Crippen LogP contribution is -2.20. The average Bonchev–Trinajstić information content (AvgIpc) is 3.40. The van der Waals surface area contributed by atoms with Gasteiger partial charge in [0.05, 0.1) is 48.4 Å². The summed E-state index contributed by atoms with van der Waals surface area (Å²) in [5.74, 6) is 1.06. The van der Waals surface area contributed by atoms with Crippen LogP contribution in [0.5, 0.6) is 17.2 Å². The van der Waals surface area contributed by atoms with E-state index in [1.807, 2.05) is 12.1 Å². The number of hydrogen-bond acceptors (Lipinski definition) is 9. The molecule has 11 heteroatoms. The van der Waals surface area contributed by atoms with Gasteiger partial charge >= 0.3 is 5.97 Å². The van der Waals surface area contributed by atoms with Crippen molar-refractivity contribution in [2.24, 2.45) is 5.10 Å². The summed E-state index contributed by atoms with van der Waals surface area (Å²) in [6, 6.07) is 17.3. The first kappa shape index (κ1) is 26.8. The Morgan fingerprint density at radius 3 is 2.62 bits per heavy atom. The summed E-state index contributed by atoms with van der Waals surface area (Å²) < 4.78 is 28.5. The summed E-state index contributed by atoms with van der Waals surface area (Å²) in [6.45, 7) is 1.60. The summed E-state index contributed by atoms with van der Waals surface area (Å²) in [5, 5.41) is 5.75. The molecule has 0 bridgehead atoms. The molecule has 5 rings (SSSR count). The predicted octanol–water partition coefficient (Wildman–Crippen LogP) is 5.30. The molecule has 10 nitrogen and oxygen atoms in total. The van der Waals surface area contributed by atoms with Crippen molar-refractivity contribution < 1.29 is 28.2 Å². The molecule has 5 aromatic rings. The summed E-state index contributed by atoms with van der Waals surface area (Å²) in [5.41, 5.74) is 1.18. The van der Waals surface area contributed by atoms with Crippen molar-refractivity contribution in [1.29, 1.82) is 0 Å². The van der Waals surface area contributed by atoms with Crippen LogP contribution in [-0.4, -0.2) is 49.3 Å². The Labute approximate surface area is 233 Å². The molecule has 0 amide bonds. The third-order valence-corrected chi connectivity index (χ3v) is 6.21. The van der Waals surface area contributed by atoms with Crippen molar-refractivity contribution in [3.63, 3.8) is 0 Å². The SMILES string of the molecule is CCOC(=O)COc1c(Cl)cc(C=Nn2c(-c3cc4c(OC)cccc4o3)nc3ccccc3c2=O)cc1OC. The third kappa shape index (κ3) is 5.21. The van der Waals surface area contributed by atoms with Gasteiger partial charge in [0.1, 0.15) is 11.3 Å². The number of ether oxygens (including phenoxy) is 4. The maximum absolute atomic E-state index is 13.6. The molecule has 2 aromatic heterocycles. The topological polar surface area (TPSA) is 114 Å². The van der Waals surface area contributed by atoms with E-state index < -0.39 is 11.5 Å². The van der Waals surface area contributed by atoms with E-state index in [1.165, 1.54) is 13.3 Å². The number of esters is 1. The highest BCUT2D eigenvalue weighted by Gasteiger charge is 2.18. The van der Waals surface area contributed by atoms with Crippen LogP contribution in [0.3, 0.4) is 0 Å². The molecule has 0 spiro atoms. The minimum Gasteiger partial charge on any atom is -0.496 e. The van der Waals surface area contributed by atoms with E-state index in [1.54, 1.807) is 62.6 Å². The van der Waals surface area contributed by atoms with Gasteiger partial charge in [-0.05, 0) is 55.0 Å². The van der Waals surface area contributed by atoms with Crippen molar-refractivity contribution in [2.45, 2.75) is 6.92 Å². The maximum Gasteiger partial charge on any atom is 0.344 e. The Morgan fingerprint density at radius 2 is 1.85 bits per heavy atom. The molecule has 2 heterocycles. The van der Waals surface area contributed by atoms with E-state index >= 15 is 0 Å². The number of rotatable bonds is 9. The molecule has 0 aliphatic heterocycles. The Morgan fingerprint density at radius 1 is 1.05 bits per heavy atom. The van der Waals surface area contributed by atoms with E-state index in [0.717, 1.165) is 10.1 Å². The first-order chi connectivity index (χ1) is 19.4. The number of fused-ring (bicyclic) bond motifs is 2. The first-order valence-corrected chi connectivity index (χ1v) is 12.6. The van der Waals surface area contributed by atoms with Gasteiger partial charge in [0.25, 0.3) is 5.56 Å². The van der Waals surface area contributed by atoms with Gasteiger partial charge in [0, 0.05) is 0 Å². The van der Waals surface area contributed by atoms with Crippen molar-refractivity contribution >= 4 is 45.7 Å². The number of methoxy groups -OCH3 is 2. The van der Waals surface area contributed by atoms with Crippen molar-refractivity contribution in [3.8, 4) is 28.8 Å². The van der Waals surface area contributed by atoms with Crippen LogP contribution in [0.4, 0.5) is 0 Å². The molecule has 0 saturated heterocycles. The molecule has 0 unspecified atom stereocenters. The zero-order valence-electron chi connectivity index (χ0n) is 21.8. The number of aromatic nitrogens is 2. The van der Waals surface area contributed by atoms with E-state index in [0.29, 0.717) is 33.6 Å². The fourth-order valence-corrected chi connectivity index (χ4v) is 4.40. The van der Waals surface area contributed by atoms with Gasteiger partial charge in [0.2, 0.25) is 5.82 Å². The molecule has 40 heavy (non-hydrogen) atoms. The standard InChI is InChI=1S/C29H24ClN3O7/c1-4-38-26(34)16-39-27-20(30)12-17(13-24(27)37-3)15-31-33-28(32-21-9-6-5-8-18(21)29(33)35)25-14-19-22(36-2)10-7-11-23(19)40-25/h5-15H,4,16H2,1-3H3. The average molecular weight is 562 g/mol. The number of hydrogen-bond donors (Lipinski definition) is 0. The predicted molar refractivity (Wildman–Crippen MR) is 151 cm³/mol. The van der Waals surface area contributed by atoms with Crippen LogP contribution in [0.15, 0.2) is 75.0 Å². The van der Waals surface area contributed by atoms with Crippen LogP contribution >= 0.6 is 11.6 Å². The Balaban J connectivity index is 1.59. The van der Waals surface area contributed by atoms with Gasteiger partial charge in [-0.1, -0.05) is 29.8 Å². The van der Waals surface area contributed by atoms with Crippen LogP contribution in [0.2, 0.25) is 5.02 Å². The van der Waals surface area contributed by atoms with Gasteiger partial charge in [-0.25, -0.2) is 9.78 Å². The Kier molecular flexibility index (Phi) is 7.70. The van der Waals surface area contributed by atoms with Gasteiger partial charge in [-0.3, -0.25) is 4.79 Å². The van der Waals surface area contributed by atoms with Crippen molar-refractivity contribution in [1.82, 2.24) is 9.66 Å². The third-order valence-electron chi connectivity index (χ3n) is 5.93. The Bertz CT molecular complexity index is 1810. The van der Waals surface area contributed by atoms with E-state index in [2.05, 4.69) is 5.10 Å². The fraction of sp³-hybridized carbons (Fsp3) is 0.172. The largest absolute Gasteiger partial charge is 0.496 e. The lowest BCUT2D eigenvalue weighted by molar-refractivity contribution is -0.145. The monoisotopic (exact) mass is 561 g/mol. The van der Waals surface area contributed by atoms with Crippen LogP contribution in [0.25, 0.3) is 33.5 Å². The number of benzene rings is 3. The second-order valence-electron chi connectivity index (χ2n) is 8.42. The molecule has 3 aromatic carbocycles. The first-order valence-electron chi connectivity index (χ1n) is 12.2. The molecule has 0 N–H and O–H groups in total. The molecule has 0 atom stereocenters. The number of carbonyl (C=O) groups excluding carboxylic acids is 1. The van der Waals surface area contributed by atoms with E-state index in [-0.39, 0.29) is 35.6 Å². The quantitative estimate of drug-likeness (QED) is 0.176. The summed E-state index contributed by atoms with van der Waals surface area (Å²) in [4.78, 5) is 30.0. The summed E-state index contributed by atoms with van der Waals surface area (Å²) >= 11 is 6.44. The highest BCUT2D eigenvalue weighted by atomic mass is 35.5. The zero-order chi connectivity index (χ0) is 28.2. The van der Waals surface area contributed by atoms with Gasteiger partial charge in [-0.2, -0.15) is 9.78 Å². The van der Waals surface area contributed by atoms with Crippen LogP contribution in [-0.2, 0) is 9.53 Å². The van der Waals surface area contributed by atoms with Gasteiger partial charge in [-0.15, -0.1) is 0 Å². The zero-order valence-corrected chi connectivity index (χ0v) is 22.6. The second kappa shape index (κ2) is 11.5. The van der Waals surface area contributed by atoms with E-state index in [4.69, 9.17) is 39.9 Å². The highest BCUT2D eigenvalue weighted by Crippen LogP contribution is 2.36. The van der Waals surface area contributed by atoms with Crippen LogP contribution in [0, 0.1) is 0 Å². The van der Waals surface area contributed by atoms with Gasteiger partial charge < -0.3 is 23.4 Å². The van der Waals surface area contributed by atoms with Crippen LogP contribution < -0.4 is 19.8 Å². The van der Waals surface area contributed by atoms with E-state index in [9.17, 15) is 9.59 Å². The number of para-hydroxylation sites is 1. The molecule has 0 saturated carbocycles. The fourth-order valence-electron chi connectivity index (χ4n) is 4.13. The minimum absolute atomic E-state index is 0.177. The lowest BCUT2D eigenvalue weighted by Gasteiger charge is -2.13. The summed E-state index contributed by atoms with van der Waals surface area (Å²) in [7, 11) is 3.01. The smallest absolute Gasteiger partial charge is 0.344 e. The number of nitrogens with zero attached hydrogens (tertiary/aromatic N) is 3. The molecule has 0 radical (unpaired) electrons. The van der Waals surface area contributed by atoms with Crippen molar-refractivity contribution in [2.75, 3.05) is 27.4 Å². The summed E-state index contributed by atoms with van der Waals surface area (Å²) in [6.07, 6.45) is 1.44. The molecule has 0 aliphatic rings. The molecular weight excluding hydrogens is 538 g/mol. The van der Waals surface area contributed by atoms with Gasteiger partial charge in [0.15, 0.2) is 23.9 Å². The minimum atomic E-state index is -0.537. The van der Waals surface area contributed by atoms with Crippen molar-refractivity contribution in [3.05, 3.63) is 81.6 Å². The normalized spacial score (nSPS) is 11.3. The number of carbonyl (C=O) groups is 1. The molecule has 204 valence electrons.